The first kappa shape index (κ1) is 14.6. The van der Waals surface area contributed by atoms with E-state index in [1.807, 2.05) is 6.07 Å². The van der Waals surface area contributed by atoms with Crippen molar-refractivity contribution in [3.63, 3.8) is 0 Å². The van der Waals surface area contributed by atoms with Gasteiger partial charge in [0.25, 0.3) is 5.91 Å². The second-order valence-electron chi connectivity index (χ2n) is 4.42. The molecule has 21 heavy (non-hydrogen) atoms. The van der Waals surface area contributed by atoms with Crippen molar-refractivity contribution in [3.05, 3.63) is 54.1 Å². The molecule has 2 aromatic carbocycles. The second-order valence-corrected chi connectivity index (χ2v) is 4.42. The first-order valence-corrected chi connectivity index (χ1v) is 6.42. The maximum absolute atomic E-state index is 12.1. The lowest BCUT2D eigenvalue weighted by Gasteiger charge is -2.12. The van der Waals surface area contributed by atoms with Crippen molar-refractivity contribution in [3.8, 4) is 5.75 Å². The molecule has 0 aliphatic rings. The Morgan fingerprint density at radius 2 is 1.71 bits per heavy atom. The fraction of sp³-hybridized carbons (Fsp3) is 0.125. The Hall–Kier alpha value is -2.82. The summed E-state index contributed by atoms with van der Waals surface area (Å²) in [5.41, 5.74) is 1.65. The van der Waals surface area contributed by atoms with Crippen LogP contribution in [-0.4, -0.2) is 18.9 Å². The molecule has 0 unspecified atom stereocenters. The maximum atomic E-state index is 12.1. The fourth-order valence-electron chi connectivity index (χ4n) is 1.87. The third kappa shape index (κ3) is 3.82. The molecular weight excluding hydrogens is 268 g/mol. The lowest BCUT2D eigenvalue weighted by atomic mass is 10.2. The number of amides is 2. The van der Waals surface area contributed by atoms with Crippen LogP contribution >= 0.6 is 0 Å². The molecule has 5 nitrogen and oxygen atoms in total. The molecule has 2 aromatic rings. The number of ether oxygens (including phenoxy) is 1. The van der Waals surface area contributed by atoms with Crippen molar-refractivity contribution in [1.82, 2.24) is 0 Å². The van der Waals surface area contributed by atoms with Gasteiger partial charge >= 0.3 is 0 Å². The van der Waals surface area contributed by atoms with Gasteiger partial charge in [-0.3, -0.25) is 9.59 Å². The van der Waals surface area contributed by atoms with Gasteiger partial charge in [-0.25, -0.2) is 0 Å². The molecule has 0 fully saturated rings. The summed E-state index contributed by atoms with van der Waals surface area (Å²) in [7, 11) is 1.52. The van der Waals surface area contributed by atoms with Gasteiger partial charge < -0.3 is 15.4 Å². The summed E-state index contributed by atoms with van der Waals surface area (Å²) in [5, 5.41) is 5.44. The number of rotatable bonds is 4. The van der Waals surface area contributed by atoms with E-state index in [0.29, 0.717) is 22.7 Å². The van der Waals surface area contributed by atoms with Crippen LogP contribution in [0.2, 0.25) is 0 Å². The van der Waals surface area contributed by atoms with Gasteiger partial charge in [-0.15, -0.1) is 0 Å². The molecule has 0 radical (unpaired) electrons. The SMILES string of the molecule is COc1ccc(NC(=O)c2ccccc2)cc1NC(C)=O. The molecule has 0 heterocycles. The van der Waals surface area contributed by atoms with E-state index in [2.05, 4.69) is 10.6 Å². The minimum absolute atomic E-state index is 0.208. The minimum Gasteiger partial charge on any atom is -0.495 e. The number of benzene rings is 2. The number of nitrogens with one attached hydrogen (secondary N) is 2. The number of hydrogen-bond donors (Lipinski definition) is 2. The number of hydrogen-bond acceptors (Lipinski definition) is 3. The van der Waals surface area contributed by atoms with Crippen molar-refractivity contribution in [2.75, 3.05) is 17.7 Å². The molecule has 0 atom stereocenters. The molecule has 108 valence electrons. The quantitative estimate of drug-likeness (QED) is 0.907. The zero-order chi connectivity index (χ0) is 15.2. The highest BCUT2D eigenvalue weighted by molar-refractivity contribution is 6.04. The third-order valence-corrected chi connectivity index (χ3v) is 2.80. The Morgan fingerprint density at radius 1 is 1.00 bits per heavy atom. The fourth-order valence-corrected chi connectivity index (χ4v) is 1.87. The van der Waals surface area contributed by atoms with E-state index in [1.54, 1.807) is 42.5 Å². The van der Waals surface area contributed by atoms with E-state index in [9.17, 15) is 9.59 Å². The summed E-state index contributed by atoms with van der Waals surface area (Å²) < 4.78 is 5.16. The van der Waals surface area contributed by atoms with Crippen LogP contribution < -0.4 is 15.4 Å². The lowest BCUT2D eigenvalue weighted by Crippen LogP contribution is -2.12. The molecule has 0 aromatic heterocycles. The summed E-state index contributed by atoms with van der Waals surface area (Å²) in [6.07, 6.45) is 0. The normalized spacial score (nSPS) is 9.81. The Labute approximate surface area is 122 Å². The first-order valence-electron chi connectivity index (χ1n) is 6.42. The van der Waals surface area contributed by atoms with E-state index < -0.39 is 0 Å². The predicted octanol–water partition coefficient (Wildman–Crippen LogP) is 2.91. The summed E-state index contributed by atoms with van der Waals surface area (Å²) in [6.45, 7) is 1.41. The molecular formula is C16H16N2O3. The van der Waals surface area contributed by atoms with Crippen LogP contribution in [0.4, 0.5) is 11.4 Å². The van der Waals surface area contributed by atoms with Crippen molar-refractivity contribution < 1.29 is 14.3 Å². The summed E-state index contributed by atoms with van der Waals surface area (Å²) >= 11 is 0. The molecule has 0 saturated carbocycles. The molecule has 5 heteroatoms. The minimum atomic E-state index is -0.213. The Morgan fingerprint density at radius 3 is 2.33 bits per heavy atom. The topological polar surface area (TPSA) is 67.4 Å². The van der Waals surface area contributed by atoms with Crippen molar-refractivity contribution in [1.29, 1.82) is 0 Å². The lowest BCUT2D eigenvalue weighted by molar-refractivity contribution is -0.114. The van der Waals surface area contributed by atoms with Gasteiger partial charge in [0, 0.05) is 18.2 Å². The highest BCUT2D eigenvalue weighted by Gasteiger charge is 2.09. The van der Waals surface area contributed by atoms with Crippen molar-refractivity contribution >= 4 is 23.2 Å². The number of carbonyl (C=O) groups is 2. The van der Waals surface area contributed by atoms with Gasteiger partial charge in [0.2, 0.25) is 5.91 Å². The van der Waals surface area contributed by atoms with Crippen LogP contribution in [0, 0.1) is 0 Å². The number of carbonyl (C=O) groups excluding carboxylic acids is 2. The Balaban J connectivity index is 2.20. The summed E-state index contributed by atoms with van der Waals surface area (Å²) in [4.78, 5) is 23.3. The van der Waals surface area contributed by atoms with Crippen LogP contribution in [-0.2, 0) is 4.79 Å². The molecule has 2 rings (SSSR count). The van der Waals surface area contributed by atoms with Crippen LogP contribution in [0.3, 0.4) is 0 Å². The average molecular weight is 284 g/mol. The monoisotopic (exact) mass is 284 g/mol. The van der Waals surface area contributed by atoms with Gasteiger partial charge in [-0.1, -0.05) is 18.2 Å². The van der Waals surface area contributed by atoms with E-state index >= 15 is 0 Å². The summed E-state index contributed by atoms with van der Waals surface area (Å²) in [6, 6.07) is 14.0. The number of anilines is 2. The zero-order valence-electron chi connectivity index (χ0n) is 11.8. The van der Waals surface area contributed by atoms with Gasteiger partial charge in [0.15, 0.2) is 0 Å². The van der Waals surface area contributed by atoms with Crippen LogP contribution in [0.25, 0.3) is 0 Å². The van der Waals surface area contributed by atoms with E-state index in [0.717, 1.165) is 0 Å². The average Bonchev–Trinajstić information content (AvgIpc) is 2.48. The summed E-state index contributed by atoms with van der Waals surface area (Å²) in [5.74, 6) is 0.109. The molecule has 0 aliphatic heterocycles. The highest BCUT2D eigenvalue weighted by atomic mass is 16.5. The van der Waals surface area contributed by atoms with Crippen LogP contribution in [0.5, 0.6) is 5.75 Å². The van der Waals surface area contributed by atoms with Gasteiger partial charge in [0.05, 0.1) is 12.8 Å². The zero-order valence-corrected chi connectivity index (χ0v) is 11.8. The third-order valence-electron chi connectivity index (χ3n) is 2.80. The standard InChI is InChI=1S/C16H16N2O3/c1-11(19)17-14-10-13(8-9-15(14)21-2)18-16(20)12-6-4-3-5-7-12/h3-10H,1-2H3,(H,17,19)(H,18,20). The van der Waals surface area contributed by atoms with E-state index in [1.165, 1.54) is 14.0 Å². The predicted molar refractivity (Wildman–Crippen MR) is 81.7 cm³/mol. The van der Waals surface area contributed by atoms with Crippen molar-refractivity contribution in [2.45, 2.75) is 6.92 Å². The second kappa shape index (κ2) is 6.56. The van der Waals surface area contributed by atoms with Crippen molar-refractivity contribution in [2.24, 2.45) is 0 Å². The van der Waals surface area contributed by atoms with Crippen LogP contribution in [0.15, 0.2) is 48.5 Å². The molecule has 0 spiro atoms. The molecule has 0 saturated heterocycles. The number of methoxy groups -OCH3 is 1. The molecule has 2 amide bonds. The molecule has 2 N–H and O–H groups in total. The molecule has 0 aliphatic carbocycles. The van der Waals surface area contributed by atoms with Crippen LogP contribution in [0.1, 0.15) is 17.3 Å². The van der Waals surface area contributed by atoms with Gasteiger partial charge in [-0.05, 0) is 30.3 Å². The first-order chi connectivity index (χ1) is 10.1. The Kier molecular flexibility index (Phi) is 4.56. The maximum Gasteiger partial charge on any atom is 0.255 e. The largest absolute Gasteiger partial charge is 0.495 e. The van der Waals surface area contributed by atoms with E-state index in [-0.39, 0.29) is 11.8 Å². The van der Waals surface area contributed by atoms with E-state index in [4.69, 9.17) is 4.74 Å². The van der Waals surface area contributed by atoms with Gasteiger partial charge in [0.1, 0.15) is 5.75 Å². The van der Waals surface area contributed by atoms with Gasteiger partial charge in [-0.2, -0.15) is 0 Å². The Bertz CT molecular complexity index is 654. The highest BCUT2D eigenvalue weighted by Crippen LogP contribution is 2.28. The molecule has 0 bridgehead atoms. The smallest absolute Gasteiger partial charge is 0.255 e.